The molecule has 0 aliphatic carbocycles. The zero-order chi connectivity index (χ0) is 16.5. The molecular formula is C17H27N3O3. The highest BCUT2D eigenvalue weighted by molar-refractivity contribution is 5.73. The maximum Gasteiger partial charge on any atom is 0.314 e. The van der Waals surface area contributed by atoms with E-state index in [4.69, 9.17) is 9.47 Å². The average Bonchev–Trinajstić information content (AvgIpc) is 3.08. The minimum atomic E-state index is -0.121. The van der Waals surface area contributed by atoms with Gasteiger partial charge in [0.1, 0.15) is 0 Å². The maximum atomic E-state index is 11.8. The summed E-state index contributed by atoms with van der Waals surface area (Å²) in [6.07, 6.45) is 4.12. The molecule has 2 rings (SSSR count). The maximum absolute atomic E-state index is 11.8. The lowest BCUT2D eigenvalue weighted by atomic mass is 10.1. The highest BCUT2D eigenvalue weighted by atomic mass is 16.5. The third-order valence-electron chi connectivity index (χ3n) is 4.11. The lowest BCUT2D eigenvalue weighted by Crippen LogP contribution is -2.38. The molecule has 0 spiro atoms. The first-order valence-corrected chi connectivity index (χ1v) is 8.19. The van der Waals surface area contributed by atoms with Crippen LogP contribution in [-0.4, -0.2) is 45.9 Å². The Morgan fingerprint density at radius 2 is 2.09 bits per heavy atom. The Morgan fingerprint density at radius 3 is 2.78 bits per heavy atom. The molecule has 1 aromatic carbocycles. The van der Waals surface area contributed by atoms with E-state index in [9.17, 15) is 4.79 Å². The van der Waals surface area contributed by atoms with Crippen LogP contribution in [0.3, 0.4) is 0 Å². The number of nitrogens with one attached hydrogen (secondary N) is 3. The van der Waals surface area contributed by atoms with Crippen LogP contribution in [0, 0.1) is 0 Å². The highest BCUT2D eigenvalue weighted by Crippen LogP contribution is 2.30. The van der Waals surface area contributed by atoms with Gasteiger partial charge in [0.05, 0.1) is 14.2 Å². The average molecular weight is 321 g/mol. The van der Waals surface area contributed by atoms with E-state index < -0.39 is 0 Å². The van der Waals surface area contributed by atoms with Crippen LogP contribution in [0.4, 0.5) is 4.79 Å². The van der Waals surface area contributed by atoms with E-state index in [1.165, 1.54) is 12.8 Å². The van der Waals surface area contributed by atoms with Gasteiger partial charge in [-0.15, -0.1) is 0 Å². The minimum Gasteiger partial charge on any atom is -0.493 e. The number of urea groups is 1. The van der Waals surface area contributed by atoms with Crippen LogP contribution in [0.1, 0.15) is 24.8 Å². The quantitative estimate of drug-likeness (QED) is 0.681. The third-order valence-corrected chi connectivity index (χ3v) is 4.11. The van der Waals surface area contributed by atoms with Gasteiger partial charge in [-0.3, -0.25) is 0 Å². The van der Waals surface area contributed by atoms with Gasteiger partial charge in [0.2, 0.25) is 0 Å². The van der Waals surface area contributed by atoms with Gasteiger partial charge in [-0.2, -0.15) is 0 Å². The van der Waals surface area contributed by atoms with Crippen LogP contribution in [0.25, 0.3) is 0 Å². The second-order valence-electron chi connectivity index (χ2n) is 5.67. The van der Waals surface area contributed by atoms with Gasteiger partial charge in [-0.25, -0.2) is 4.79 Å². The number of hydrogen-bond donors (Lipinski definition) is 3. The molecule has 1 fully saturated rings. The minimum absolute atomic E-state index is 0.121. The van der Waals surface area contributed by atoms with Gasteiger partial charge in [-0.05, 0) is 43.9 Å². The fourth-order valence-electron chi connectivity index (χ4n) is 2.89. The third kappa shape index (κ3) is 5.32. The summed E-state index contributed by atoms with van der Waals surface area (Å²) in [6, 6.07) is 6.19. The molecule has 1 aliphatic heterocycles. The van der Waals surface area contributed by atoms with Crippen molar-refractivity contribution in [3.8, 4) is 11.5 Å². The van der Waals surface area contributed by atoms with E-state index in [0.29, 0.717) is 31.3 Å². The Bertz CT molecular complexity index is 502. The monoisotopic (exact) mass is 321 g/mol. The molecule has 0 aromatic heterocycles. The number of hydrogen-bond acceptors (Lipinski definition) is 4. The molecule has 1 heterocycles. The second-order valence-corrected chi connectivity index (χ2v) is 5.67. The van der Waals surface area contributed by atoms with Crippen LogP contribution in [0.15, 0.2) is 18.2 Å². The molecule has 1 aromatic rings. The molecule has 0 radical (unpaired) electrons. The summed E-state index contributed by atoms with van der Waals surface area (Å²) in [5.74, 6) is 1.43. The Kier molecular flexibility index (Phi) is 7.00. The number of rotatable bonds is 8. The van der Waals surface area contributed by atoms with Gasteiger partial charge in [-0.1, -0.05) is 12.1 Å². The van der Waals surface area contributed by atoms with E-state index in [0.717, 1.165) is 24.3 Å². The lowest BCUT2D eigenvalue weighted by Gasteiger charge is -2.13. The fraction of sp³-hybridized carbons (Fsp3) is 0.588. The summed E-state index contributed by atoms with van der Waals surface area (Å²) in [6.45, 7) is 2.35. The normalized spacial score (nSPS) is 16.9. The molecule has 2 amide bonds. The number of methoxy groups -OCH3 is 2. The second kappa shape index (κ2) is 9.25. The Hall–Kier alpha value is -1.95. The molecule has 1 unspecified atom stereocenters. The van der Waals surface area contributed by atoms with Crippen molar-refractivity contribution in [3.63, 3.8) is 0 Å². The van der Waals surface area contributed by atoms with Crippen molar-refractivity contribution in [1.29, 1.82) is 0 Å². The van der Waals surface area contributed by atoms with Crippen LogP contribution in [0.5, 0.6) is 11.5 Å². The van der Waals surface area contributed by atoms with Crippen molar-refractivity contribution in [2.45, 2.75) is 31.7 Å². The SMILES string of the molecule is COc1cccc(CCNC(=O)NCCC2CCCN2)c1OC. The molecule has 1 aliphatic rings. The lowest BCUT2D eigenvalue weighted by molar-refractivity contribution is 0.240. The first-order valence-electron chi connectivity index (χ1n) is 8.19. The van der Waals surface area contributed by atoms with Crippen molar-refractivity contribution in [2.75, 3.05) is 33.9 Å². The van der Waals surface area contributed by atoms with Crippen LogP contribution < -0.4 is 25.4 Å². The number of para-hydroxylation sites is 1. The molecule has 6 nitrogen and oxygen atoms in total. The van der Waals surface area contributed by atoms with E-state index in [1.54, 1.807) is 14.2 Å². The molecule has 1 saturated heterocycles. The van der Waals surface area contributed by atoms with Crippen molar-refractivity contribution in [1.82, 2.24) is 16.0 Å². The number of amides is 2. The number of carbonyl (C=O) groups excluding carboxylic acids is 1. The predicted molar refractivity (Wildman–Crippen MR) is 90.3 cm³/mol. The topological polar surface area (TPSA) is 71.6 Å². The van der Waals surface area contributed by atoms with Crippen molar-refractivity contribution in [2.24, 2.45) is 0 Å². The molecule has 0 bridgehead atoms. The first kappa shape index (κ1) is 17.4. The number of benzene rings is 1. The smallest absolute Gasteiger partial charge is 0.314 e. The van der Waals surface area contributed by atoms with Gasteiger partial charge in [0, 0.05) is 19.1 Å². The van der Waals surface area contributed by atoms with Crippen molar-refractivity contribution < 1.29 is 14.3 Å². The predicted octanol–water partition coefficient (Wildman–Crippen LogP) is 1.69. The van der Waals surface area contributed by atoms with E-state index in [-0.39, 0.29) is 6.03 Å². The van der Waals surface area contributed by atoms with Crippen LogP contribution in [0.2, 0.25) is 0 Å². The Morgan fingerprint density at radius 1 is 1.26 bits per heavy atom. The molecule has 3 N–H and O–H groups in total. The van der Waals surface area contributed by atoms with Crippen molar-refractivity contribution in [3.05, 3.63) is 23.8 Å². The summed E-state index contributed by atoms with van der Waals surface area (Å²) in [7, 11) is 3.24. The molecular weight excluding hydrogens is 294 g/mol. The number of carbonyl (C=O) groups is 1. The highest BCUT2D eigenvalue weighted by Gasteiger charge is 2.13. The molecule has 6 heteroatoms. The van der Waals surface area contributed by atoms with E-state index >= 15 is 0 Å². The molecule has 0 saturated carbocycles. The molecule has 1 atom stereocenters. The summed E-state index contributed by atoms with van der Waals surface area (Å²) in [5, 5.41) is 9.20. The largest absolute Gasteiger partial charge is 0.493 e. The summed E-state index contributed by atoms with van der Waals surface area (Å²) < 4.78 is 10.7. The molecule has 23 heavy (non-hydrogen) atoms. The summed E-state index contributed by atoms with van der Waals surface area (Å²) in [4.78, 5) is 11.8. The van der Waals surface area contributed by atoms with Gasteiger partial charge in [0.25, 0.3) is 0 Å². The Balaban J connectivity index is 1.68. The first-order chi connectivity index (χ1) is 11.2. The summed E-state index contributed by atoms with van der Waals surface area (Å²) >= 11 is 0. The zero-order valence-electron chi connectivity index (χ0n) is 14.0. The van der Waals surface area contributed by atoms with Crippen LogP contribution in [-0.2, 0) is 6.42 Å². The van der Waals surface area contributed by atoms with Gasteiger partial charge >= 0.3 is 6.03 Å². The standard InChI is InChI=1S/C17H27N3O3/c1-22-15-7-3-5-13(16(15)23-2)8-11-19-17(21)20-12-9-14-6-4-10-18-14/h3,5,7,14,18H,4,6,8-12H2,1-2H3,(H2,19,20,21). The summed E-state index contributed by atoms with van der Waals surface area (Å²) in [5.41, 5.74) is 1.02. The van der Waals surface area contributed by atoms with E-state index in [2.05, 4.69) is 16.0 Å². The zero-order valence-corrected chi connectivity index (χ0v) is 14.0. The van der Waals surface area contributed by atoms with Gasteiger partial charge < -0.3 is 25.4 Å². The number of ether oxygens (including phenoxy) is 2. The fourth-order valence-corrected chi connectivity index (χ4v) is 2.89. The van der Waals surface area contributed by atoms with E-state index in [1.807, 2.05) is 18.2 Å². The van der Waals surface area contributed by atoms with Crippen molar-refractivity contribution >= 4 is 6.03 Å². The molecule has 128 valence electrons. The van der Waals surface area contributed by atoms with Gasteiger partial charge in [0.15, 0.2) is 11.5 Å². The van der Waals surface area contributed by atoms with Crippen LogP contribution >= 0.6 is 0 Å². The Labute approximate surface area is 137 Å².